The van der Waals surface area contributed by atoms with Crippen LogP contribution in [0.15, 0.2) is 41.2 Å². The van der Waals surface area contributed by atoms with Gasteiger partial charge >= 0.3 is 12.1 Å². The molecular formula is C17H12F3N3O2. The first kappa shape index (κ1) is 15.6. The molecule has 128 valence electrons. The van der Waals surface area contributed by atoms with Crippen molar-refractivity contribution in [1.29, 1.82) is 0 Å². The maximum absolute atomic E-state index is 12.5. The van der Waals surface area contributed by atoms with E-state index in [9.17, 15) is 18.0 Å². The monoisotopic (exact) mass is 347 g/mol. The molecule has 0 aliphatic heterocycles. The number of hydrogen-bond donors (Lipinski definition) is 0. The van der Waals surface area contributed by atoms with Gasteiger partial charge in [0, 0.05) is 36.5 Å². The standard InChI is InChI=1S/C17H12F3N3O2/c18-17(19,20)16-21-15(22-25-16)11-3-1-10(2-4-11)7-23-8-12-5-6-14(24)13(12)9-23/h1-4,8-9H,5-7H2. The summed E-state index contributed by atoms with van der Waals surface area (Å²) in [7, 11) is 0. The molecule has 0 unspecified atom stereocenters. The maximum atomic E-state index is 12.5. The molecule has 1 aromatic carbocycles. The van der Waals surface area contributed by atoms with Gasteiger partial charge in [0.2, 0.25) is 5.82 Å². The molecular weight excluding hydrogens is 335 g/mol. The highest BCUT2D eigenvalue weighted by atomic mass is 19.4. The van der Waals surface area contributed by atoms with Crippen molar-refractivity contribution in [3.05, 3.63) is 59.2 Å². The summed E-state index contributed by atoms with van der Waals surface area (Å²) in [6.07, 6.45) is 0.498. The molecule has 1 aliphatic rings. The van der Waals surface area contributed by atoms with Crippen LogP contribution in [0.2, 0.25) is 0 Å². The highest BCUT2D eigenvalue weighted by Gasteiger charge is 2.38. The number of benzene rings is 1. The Morgan fingerprint density at radius 2 is 1.88 bits per heavy atom. The normalized spacial score (nSPS) is 14.1. The average Bonchev–Trinajstić information content (AvgIpc) is 3.26. The first-order valence-electron chi connectivity index (χ1n) is 7.62. The molecule has 0 saturated heterocycles. The Labute approximate surface area is 140 Å². The molecule has 0 bridgehead atoms. The molecule has 1 aliphatic carbocycles. The highest BCUT2D eigenvalue weighted by Crippen LogP contribution is 2.29. The van der Waals surface area contributed by atoms with Crippen molar-refractivity contribution < 1.29 is 22.5 Å². The number of halogens is 3. The van der Waals surface area contributed by atoms with E-state index in [1.807, 2.05) is 17.0 Å². The van der Waals surface area contributed by atoms with Crippen molar-refractivity contribution in [2.75, 3.05) is 0 Å². The van der Waals surface area contributed by atoms with Crippen LogP contribution >= 0.6 is 0 Å². The topological polar surface area (TPSA) is 60.9 Å². The average molecular weight is 347 g/mol. The van der Waals surface area contributed by atoms with Crippen LogP contribution in [-0.2, 0) is 19.1 Å². The molecule has 5 nitrogen and oxygen atoms in total. The fraction of sp³-hybridized carbons (Fsp3) is 0.235. The Hall–Kier alpha value is -2.90. The predicted molar refractivity (Wildman–Crippen MR) is 80.9 cm³/mol. The van der Waals surface area contributed by atoms with E-state index in [4.69, 9.17) is 0 Å². The van der Waals surface area contributed by atoms with Gasteiger partial charge in [-0.1, -0.05) is 29.4 Å². The van der Waals surface area contributed by atoms with E-state index in [2.05, 4.69) is 14.7 Å². The summed E-state index contributed by atoms with van der Waals surface area (Å²) in [5.74, 6) is -1.30. The fourth-order valence-electron chi connectivity index (χ4n) is 2.91. The number of ketones is 1. The molecule has 0 fully saturated rings. The minimum atomic E-state index is -4.66. The van der Waals surface area contributed by atoms with Gasteiger partial charge in [-0.25, -0.2) is 0 Å². The second-order valence-electron chi connectivity index (χ2n) is 5.91. The zero-order valence-electron chi connectivity index (χ0n) is 12.9. The van der Waals surface area contributed by atoms with Crippen molar-refractivity contribution >= 4 is 5.78 Å². The smallest absolute Gasteiger partial charge is 0.349 e. The van der Waals surface area contributed by atoms with Crippen LogP contribution in [-0.4, -0.2) is 20.5 Å². The summed E-state index contributed by atoms with van der Waals surface area (Å²) in [5, 5.41) is 3.36. The van der Waals surface area contributed by atoms with Crippen molar-refractivity contribution in [2.45, 2.75) is 25.6 Å². The fourth-order valence-corrected chi connectivity index (χ4v) is 2.91. The molecule has 0 saturated carbocycles. The highest BCUT2D eigenvalue weighted by molar-refractivity contribution is 6.00. The third-order valence-corrected chi connectivity index (χ3v) is 4.13. The molecule has 0 atom stereocenters. The molecule has 3 aromatic rings. The Balaban J connectivity index is 1.51. The van der Waals surface area contributed by atoms with Crippen LogP contribution in [0.25, 0.3) is 11.4 Å². The number of rotatable bonds is 3. The number of aryl methyl sites for hydroxylation is 1. The largest absolute Gasteiger partial charge is 0.471 e. The third-order valence-electron chi connectivity index (χ3n) is 4.13. The van der Waals surface area contributed by atoms with Gasteiger partial charge in [0.25, 0.3) is 0 Å². The van der Waals surface area contributed by atoms with Gasteiger partial charge in [-0.3, -0.25) is 4.79 Å². The molecule has 0 amide bonds. The van der Waals surface area contributed by atoms with Crippen LogP contribution in [0.1, 0.15) is 33.8 Å². The number of alkyl halides is 3. The predicted octanol–water partition coefficient (Wildman–Crippen LogP) is 3.73. The summed E-state index contributed by atoms with van der Waals surface area (Å²) in [4.78, 5) is 15.1. The third kappa shape index (κ3) is 2.95. The lowest BCUT2D eigenvalue weighted by Gasteiger charge is -2.04. The van der Waals surface area contributed by atoms with Gasteiger partial charge in [-0.15, -0.1) is 0 Å². The van der Waals surface area contributed by atoms with Crippen LogP contribution in [0.5, 0.6) is 0 Å². The van der Waals surface area contributed by atoms with E-state index in [1.54, 1.807) is 24.3 Å². The molecule has 0 radical (unpaired) electrons. The van der Waals surface area contributed by atoms with Crippen LogP contribution < -0.4 is 0 Å². The Morgan fingerprint density at radius 3 is 2.52 bits per heavy atom. The number of Topliss-reactive ketones (excluding diaryl/α,β-unsaturated/α-hetero) is 1. The van der Waals surface area contributed by atoms with E-state index in [1.165, 1.54) is 0 Å². The first-order chi connectivity index (χ1) is 11.9. The lowest BCUT2D eigenvalue weighted by atomic mass is 10.1. The Bertz CT molecular complexity index is 939. The summed E-state index contributed by atoms with van der Waals surface area (Å²) < 4.78 is 43.7. The van der Waals surface area contributed by atoms with Gasteiger partial charge in [-0.05, 0) is 17.5 Å². The van der Waals surface area contributed by atoms with E-state index < -0.39 is 12.1 Å². The van der Waals surface area contributed by atoms with Gasteiger partial charge in [0.15, 0.2) is 5.78 Å². The number of fused-ring (bicyclic) bond motifs is 1. The molecule has 4 rings (SSSR count). The van der Waals surface area contributed by atoms with Crippen molar-refractivity contribution in [2.24, 2.45) is 0 Å². The summed E-state index contributed by atoms with van der Waals surface area (Å²) >= 11 is 0. The van der Waals surface area contributed by atoms with Crippen molar-refractivity contribution in [1.82, 2.24) is 14.7 Å². The lowest BCUT2D eigenvalue weighted by molar-refractivity contribution is -0.159. The quantitative estimate of drug-likeness (QED) is 0.724. The first-order valence-corrected chi connectivity index (χ1v) is 7.62. The van der Waals surface area contributed by atoms with Crippen molar-refractivity contribution in [3.8, 4) is 11.4 Å². The van der Waals surface area contributed by atoms with E-state index in [0.29, 0.717) is 18.5 Å². The van der Waals surface area contributed by atoms with Crippen LogP contribution in [0.3, 0.4) is 0 Å². The number of aromatic nitrogens is 3. The van der Waals surface area contributed by atoms with E-state index in [0.717, 1.165) is 23.1 Å². The lowest BCUT2D eigenvalue weighted by Crippen LogP contribution is -2.04. The number of hydrogen-bond acceptors (Lipinski definition) is 4. The maximum Gasteiger partial charge on any atom is 0.471 e. The molecule has 2 aromatic heterocycles. The van der Waals surface area contributed by atoms with Crippen molar-refractivity contribution in [3.63, 3.8) is 0 Å². The van der Waals surface area contributed by atoms with Gasteiger partial charge in [0.05, 0.1) is 0 Å². The minimum Gasteiger partial charge on any atom is -0.349 e. The van der Waals surface area contributed by atoms with Gasteiger partial charge < -0.3 is 9.09 Å². The molecule has 2 heterocycles. The van der Waals surface area contributed by atoms with Gasteiger partial charge in [0.1, 0.15) is 0 Å². The van der Waals surface area contributed by atoms with E-state index in [-0.39, 0.29) is 11.6 Å². The second-order valence-corrected chi connectivity index (χ2v) is 5.91. The zero-order chi connectivity index (χ0) is 17.6. The SMILES string of the molecule is O=C1CCc2cn(Cc3ccc(-c4noc(C(F)(F)F)n4)cc3)cc21. The Morgan fingerprint density at radius 1 is 1.12 bits per heavy atom. The summed E-state index contributed by atoms with van der Waals surface area (Å²) in [5.41, 5.74) is 3.23. The molecule has 8 heteroatoms. The minimum absolute atomic E-state index is 0.107. The molecule has 0 spiro atoms. The second kappa shape index (κ2) is 5.58. The number of nitrogens with zero attached hydrogens (tertiary/aromatic N) is 3. The summed E-state index contributed by atoms with van der Waals surface area (Å²) in [6.45, 7) is 0.570. The number of carbonyl (C=O) groups is 1. The van der Waals surface area contributed by atoms with Crippen LogP contribution in [0, 0.1) is 0 Å². The molecule has 0 N–H and O–H groups in total. The van der Waals surface area contributed by atoms with E-state index >= 15 is 0 Å². The summed E-state index contributed by atoms with van der Waals surface area (Å²) in [6, 6.07) is 6.85. The van der Waals surface area contributed by atoms with Crippen LogP contribution in [0.4, 0.5) is 13.2 Å². The Kier molecular flexibility index (Phi) is 3.48. The number of carbonyl (C=O) groups excluding carboxylic acids is 1. The van der Waals surface area contributed by atoms with Gasteiger partial charge in [-0.2, -0.15) is 18.2 Å². The molecule has 25 heavy (non-hydrogen) atoms. The zero-order valence-corrected chi connectivity index (χ0v) is 12.9.